The summed E-state index contributed by atoms with van der Waals surface area (Å²) in [6, 6.07) is 15.3. The van der Waals surface area contributed by atoms with Crippen LogP contribution in [-0.2, 0) is 0 Å². The van der Waals surface area contributed by atoms with Gasteiger partial charge in [0.15, 0.2) is 0 Å². The van der Waals surface area contributed by atoms with Crippen molar-refractivity contribution >= 4 is 17.5 Å². The Morgan fingerprint density at radius 3 is 2.00 bits per heavy atom. The SMILES string of the molecule is Cc1ccc(N2CCN(CC(O)CN3C(=O)c4ccccc4C3=O)CC2)cc1. The van der Waals surface area contributed by atoms with Gasteiger partial charge in [0.05, 0.1) is 23.8 Å². The van der Waals surface area contributed by atoms with Crippen molar-refractivity contribution in [3.63, 3.8) is 0 Å². The molecule has 0 aliphatic carbocycles. The number of amides is 2. The van der Waals surface area contributed by atoms with Gasteiger partial charge >= 0.3 is 0 Å². The molecule has 0 saturated carbocycles. The predicted octanol–water partition coefficient (Wildman–Crippen LogP) is 1.77. The average molecular weight is 379 g/mol. The van der Waals surface area contributed by atoms with Crippen LogP contribution in [0.25, 0.3) is 0 Å². The number of fused-ring (bicyclic) bond motifs is 1. The zero-order chi connectivity index (χ0) is 19.7. The van der Waals surface area contributed by atoms with Crippen molar-refractivity contribution in [3.8, 4) is 0 Å². The first kappa shape index (κ1) is 18.7. The zero-order valence-electron chi connectivity index (χ0n) is 16.0. The number of anilines is 1. The maximum atomic E-state index is 12.4. The van der Waals surface area contributed by atoms with E-state index in [1.807, 2.05) is 0 Å². The molecule has 0 spiro atoms. The van der Waals surface area contributed by atoms with Crippen molar-refractivity contribution < 1.29 is 14.7 Å². The van der Waals surface area contributed by atoms with Gasteiger partial charge in [0.2, 0.25) is 0 Å². The molecular formula is C22H25N3O3. The molecule has 28 heavy (non-hydrogen) atoms. The third-order valence-electron chi connectivity index (χ3n) is 5.51. The Morgan fingerprint density at radius 1 is 0.857 bits per heavy atom. The first-order valence-electron chi connectivity index (χ1n) is 9.70. The molecule has 6 nitrogen and oxygen atoms in total. The molecule has 1 N–H and O–H groups in total. The van der Waals surface area contributed by atoms with E-state index in [1.165, 1.54) is 11.3 Å². The van der Waals surface area contributed by atoms with E-state index in [9.17, 15) is 14.7 Å². The molecule has 2 amide bonds. The molecule has 146 valence electrons. The van der Waals surface area contributed by atoms with Gasteiger partial charge in [-0.3, -0.25) is 19.4 Å². The molecule has 2 aromatic carbocycles. The monoisotopic (exact) mass is 379 g/mol. The topological polar surface area (TPSA) is 64.1 Å². The summed E-state index contributed by atoms with van der Waals surface area (Å²) in [5.74, 6) is -0.632. The first-order valence-corrected chi connectivity index (χ1v) is 9.70. The Morgan fingerprint density at radius 2 is 1.43 bits per heavy atom. The summed E-state index contributed by atoms with van der Waals surface area (Å²) in [5, 5.41) is 10.5. The lowest BCUT2D eigenvalue weighted by Gasteiger charge is -2.37. The van der Waals surface area contributed by atoms with Gasteiger partial charge in [-0.25, -0.2) is 0 Å². The number of aliphatic hydroxyl groups excluding tert-OH is 1. The van der Waals surface area contributed by atoms with E-state index in [4.69, 9.17) is 0 Å². The number of aryl methyl sites for hydroxylation is 1. The van der Waals surface area contributed by atoms with Gasteiger partial charge in [-0.05, 0) is 31.2 Å². The van der Waals surface area contributed by atoms with Gasteiger partial charge in [-0.2, -0.15) is 0 Å². The second-order valence-corrected chi connectivity index (χ2v) is 7.54. The number of carbonyl (C=O) groups excluding carboxylic acids is 2. The van der Waals surface area contributed by atoms with Crippen LogP contribution in [-0.4, -0.2) is 72.1 Å². The van der Waals surface area contributed by atoms with Crippen LogP contribution >= 0.6 is 0 Å². The quantitative estimate of drug-likeness (QED) is 0.803. The summed E-state index contributed by atoms with van der Waals surface area (Å²) in [6.45, 7) is 6.03. The van der Waals surface area contributed by atoms with E-state index in [2.05, 4.69) is 41.0 Å². The van der Waals surface area contributed by atoms with Crippen molar-refractivity contribution in [2.24, 2.45) is 0 Å². The number of β-amino-alcohol motifs (C(OH)–C–C–N with tert-alkyl or cyclic N) is 1. The molecule has 2 aliphatic rings. The van der Waals surface area contributed by atoms with Crippen molar-refractivity contribution in [3.05, 3.63) is 65.2 Å². The molecule has 1 unspecified atom stereocenters. The fourth-order valence-corrected chi connectivity index (χ4v) is 3.92. The van der Waals surface area contributed by atoms with Crippen LogP contribution in [0.15, 0.2) is 48.5 Å². The highest BCUT2D eigenvalue weighted by Crippen LogP contribution is 2.23. The Kier molecular flexibility index (Phi) is 5.15. The molecule has 2 heterocycles. The second-order valence-electron chi connectivity index (χ2n) is 7.54. The molecule has 1 fully saturated rings. The van der Waals surface area contributed by atoms with Crippen molar-refractivity contribution in [2.45, 2.75) is 13.0 Å². The van der Waals surface area contributed by atoms with Crippen LogP contribution in [0.1, 0.15) is 26.3 Å². The Bertz CT molecular complexity index is 838. The van der Waals surface area contributed by atoms with Gasteiger partial charge in [-0.15, -0.1) is 0 Å². The van der Waals surface area contributed by atoms with E-state index in [-0.39, 0.29) is 18.4 Å². The number of hydrogen-bond donors (Lipinski definition) is 1. The molecule has 2 aliphatic heterocycles. The molecule has 0 bridgehead atoms. The van der Waals surface area contributed by atoms with Crippen molar-refractivity contribution in [1.82, 2.24) is 9.80 Å². The number of piperazine rings is 1. The summed E-state index contributed by atoms with van der Waals surface area (Å²) in [4.78, 5) is 30.6. The van der Waals surface area contributed by atoms with Crippen LogP contribution in [0.3, 0.4) is 0 Å². The molecule has 1 atom stereocenters. The summed E-state index contributed by atoms with van der Waals surface area (Å²) in [7, 11) is 0. The highest BCUT2D eigenvalue weighted by atomic mass is 16.3. The number of aliphatic hydroxyl groups is 1. The molecule has 4 rings (SSSR count). The number of carbonyl (C=O) groups is 2. The van der Waals surface area contributed by atoms with Gasteiger partial charge in [-0.1, -0.05) is 29.8 Å². The van der Waals surface area contributed by atoms with Gasteiger partial charge in [0, 0.05) is 38.4 Å². The van der Waals surface area contributed by atoms with E-state index in [1.54, 1.807) is 24.3 Å². The van der Waals surface area contributed by atoms with E-state index >= 15 is 0 Å². The lowest BCUT2D eigenvalue weighted by atomic mass is 10.1. The summed E-state index contributed by atoms with van der Waals surface area (Å²) >= 11 is 0. The van der Waals surface area contributed by atoms with Gasteiger partial charge < -0.3 is 10.0 Å². The maximum Gasteiger partial charge on any atom is 0.261 e. The Hall–Kier alpha value is -2.70. The second kappa shape index (κ2) is 7.73. The predicted molar refractivity (Wildman–Crippen MR) is 108 cm³/mol. The minimum atomic E-state index is -0.756. The highest BCUT2D eigenvalue weighted by molar-refractivity contribution is 6.21. The minimum Gasteiger partial charge on any atom is -0.390 e. The maximum absolute atomic E-state index is 12.4. The number of imide groups is 1. The molecule has 2 aromatic rings. The lowest BCUT2D eigenvalue weighted by molar-refractivity contribution is 0.0469. The largest absolute Gasteiger partial charge is 0.390 e. The van der Waals surface area contributed by atoms with E-state index in [0.717, 1.165) is 31.1 Å². The number of nitrogens with zero attached hydrogens (tertiary/aromatic N) is 3. The number of benzene rings is 2. The highest BCUT2D eigenvalue weighted by Gasteiger charge is 2.36. The molecule has 1 saturated heterocycles. The summed E-state index contributed by atoms with van der Waals surface area (Å²) in [5.41, 5.74) is 3.31. The average Bonchev–Trinajstić information content (AvgIpc) is 2.94. The summed E-state index contributed by atoms with van der Waals surface area (Å²) < 4.78 is 0. The lowest BCUT2D eigenvalue weighted by Crippen LogP contribution is -2.50. The number of hydrogen-bond acceptors (Lipinski definition) is 5. The molecule has 6 heteroatoms. The molecule has 0 aromatic heterocycles. The van der Waals surface area contributed by atoms with Crippen molar-refractivity contribution in [1.29, 1.82) is 0 Å². The van der Waals surface area contributed by atoms with Crippen LogP contribution in [0.5, 0.6) is 0 Å². The van der Waals surface area contributed by atoms with Crippen LogP contribution in [0.4, 0.5) is 5.69 Å². The Balaban J connectivity index is 1.30. The fourth-order valence-electron chi connectivity index (χ4n) is 3.92. The Labute approximate surface area is 165 Å². The number of rotatable bonds is 5. The smallest absolute Gasteiger partial charge is 0.261 e. The van der Waals surface area contributed by atoms with Crippen molar-refractivity contribution in [2.75, 3.05) is 44.2 Å². The van der Waals surface area contributed by atoms with Crippen LogP contribution in [0, 0.1) is 6.92 Å². The fraction of sp³-hybridized carbons (Fsp3) is 0.364. The zero-order valence-corrected chi connectivity index (χ0v) is 16.0. The van der Waals surface area contributed by atoms with Crippen LogP contribution < -0.4 is 4.90 Å². The van der Waals surface area contributed by atoms with Gasteiger partial charge in [0.1, 0.15) is 0 Å². The van der Waals surface area contributed by atoms with E-state index < -0.39 is 6.10 Å². The van der Waals surface area contributed by atoms with Crippen LogP contribution in [0.2, 0.25) is 0 Å². The molecule has 0 radical (unpaired) electrons. The molecular weight excluding hydrogens is 354 g/mol. The minimum absolute atomic E-state index is 0.0323. The standard InChI is InChI=1S/C22H25N3O3/c1-16-6-8-17(9-7-16)24-12-10-23(11-13-24)14-18(26)15-25-21(27)19-4-2-3-5-20(19)22(25)28/h2-9,18,26H,10-15H2,1H3. The third-order valence-corrected chi connectivity index (χ3v) is 5.51. The van der Waals surface area contributed by atoms with E-state index in [0.29, 0.717) is 17.7 Å². The van der Waals surface area contributed by atoms with Gasteiger partial charge in [0.25, 0.3) is 11.8 Å². The summed E-state index contributed by atoms with van der Waals surface area (Å²) in [6.07, 6.45) is -0.756. The third kappa shape index (κ3) is 3.66. The normalized spacial score (nSPS) is 18.5. The first-order chi connectivity index (χ1) is 13.5.